The lowest BCUT2D eigenvalue weighted by Crippen LogP contribution is -2.41. The number of nitrogens with zero attached hydrogens (tertiary/aromatic N) is 3. The largest absolute Gasteiger partial charge is 0.345 e. The first-order valence-corrected chi connectivity index (χ1v) is 8.07. The van der Waals surface area contributed by atoms with Crippen molar-refractivity contribution in [2.24, 2.45) is 5.92 Å². The van der Waals surface area contributed by atoms with Crippen LogP contribution in [-0.2, 0) is 19.5 Å². The smallest absolute Gasteiger partial charge is 0.312 e. The normalized spacial score (nSPS) is 17.8. The van der Waals surface area contributed by atoms with Gasteiger partial charge in [0.15, 0.2) is 0 Å². The molecule has 2 unspecified atom stereocenters. The molecule has 1 aromatic rings. The molecule has 0 saturated carbocycles. The summed E-state index contributed by atoms with van der Waals surface area (Å²) in [5, 5.41) is 8.11. The summed E-state index contributed by atoms with van der Waals surface area (Å²) in [7, 11) is 0. The first-order valence-electron chi connectivity index (χ1n) is 8.07. The molecular weight excluding hydrogens is 252 g/mol. The van der Waals surface area contributed by atoms with Gasteiger partial charge in [0, 0.05) is 19.0 Å². The molecule has 5 heteroatoms. The molecule has 0 bridgehead atoms. The van der Waals surface area contributed by atoms with E-state index >= 15 is 0 Å². The van der Waals surface area contributed by atoms with Crippen molar-refractivity contribution in [3.63, 3.8) is 0 Å². The Kier molecular flexibility index (Phi) is 5.40. The maximum atomic E-state index is 12.4. The molecule has 114 valence electrons. The summed E-state index contributed by atoms with van der Waals surface area (Å²) < 4.78 is 3.54. The van der Waals surface area contributed by atoms with E-state index in [4.69, 9.17) is 0 Å². The monoisotopic (exact) mass is 280 g/mol. The second-order valence-corrected chi connectivity index (χ2v) is 5.94. The highest BCUT2D eigenvalue weighted by atomic mass is 16.2. The first-order chi connectivity index (χ1) is 9.67. The molecule has 0 radical (unpaired) electrons. The van der Waals surface area contributed by atoms with Crippen LogP contribution in [0.5, 0.6) is 0 Å². The minimum Gasteiger partial charge on any atom is -0.312 e. The molecule has 20 heavy (non-hydrogen) atoms. The molecule has 0 fully saturated rings. The minimum absolute atomic E-state index is 0.0753. The van der Waals surface area contributed by atoms with Crippen molar-refractivity contribution in [1.29, 1.82) is 0 Å². The molecule has 0 amide bonds. The lowest BCUT2D eigenvalue weighted by atomic mass is 9.99. The quantitative estimate of drug-likeness (QED) is 0.828. The fraction of sp³-hybridized carbons (Fsp3) is 0.867. The van der Waals surface area contributed by atoms with Crippen LogP contribution in [0.4, 0.5) is 0 Å². The summed E-state index contributed by atoms with van der Waals surface area (Å²) >= 11 is 0. The maximum absolute atomic E-state index is 12.4. The van der Waals surface area contributed by atoms with Crippen LogP contribution in [0.3, 0.4) is 0 Å². The van der Waals surface area contributed by atoms with E-state index in [1.807, 2.05) is 4.57 Å². The van der Waals surface area contributed by atoms with Gasteiger partial charge in [0.1, 0.15) is 5.82 Å². The lowest BCUT2D eigenvalue weighted by Gasteiger charge is -2.23. The van der Waals surface area contributed by atoms with E-state index in [0.29, 0.717) is 18.5 Å². The van der Waals surface area contributed by atoms with Gasteiger partial charge in [0.05, 0.1) is 6.54 Å². The molecular formula is C15H28N4O. The van der Waals surface area contributed by atoms with E-state index in [1.165, 1.54) is 0 Å². The van der Waals surface area contributed by atoms with E-state index in [-0.39, 0.29) is 5.69 Å². The van der Waals surface area contributed by atoms with Gasteiger partial charge >= 0.3 is 5.69 Å². The molecule has 5 nitrogen and oxygen atoms in total. The van der Waals surface area contributed by atoms with Crippen LogP contribution >= 0.6 is 0 Å². The molecule has 2 rings (SSSR count). The summed E-state index contributed by atoms with van der Waals surface area (Å²) in [6.07, 6.45) is 5.42. The fourth-order valence-electron chi connectivity index (χ4n) is 2.81. The van der Waals surface area contributed by atoms with Crippen molar-refractivity contribution in [2.45, 2.75) is 72.0 Å². The van der Waals surface area contributed by atoms with Gasteiger partial charge in [-0.2, -0.15) is 5.10 Å². The lowest BCUT2D eigenvalue weighted by molar-refractivity contribution is 0.314. The maximum Gasteiger partial charge on any atom is 0.345 e. The van der Waals surface area contributed by atoms with E-state index in [0.717, 1.165) is 51.0 Å². The predicted molar refractivity (Wildman–Crippen MR) is 81.0 cm³/mol. The Morgan fingerprint density at radius 1 is 1.35 bits per heavy atom. The molecule has 1 aliphatic heterocycles. The molecule has 1 aliphatic rings. The van der Waals surface area contributed by atoms with Gasteiger partial charge in [-0.3, -0.25) is 4.57 Å². The summed E-state index contributed by atoms with van der Waals surface area (Å²) in [5.74, 6) is 1.52. The Balaban J connectivity index is 2.13. The minimum atomic E-state index is 0.0753. The second-order valence-electron chi connectivity index (χ2n) is 5.94. The van der Waals surface area contributed by atoms with E-state index in [2.05, 4.69) is 31.2 Å². The number of aromatic nitrogens is 3. The van der Waals surface area contributed by atoms with Gasteiger partial charge in [0.2, 0.25) is 0 Å². The SMILES string of the molecule is CCCNC(Cn1nc2n(c1=O)CCCC2)C(C)CC. The molecule has 2 heterocycles. The fourth-order valence-corrected chi connectivity index (χ4v) is 2.81. The standard InChI is InChI=1S/C15H28N4O/c1-4-9-16-13(12(3)5-2)11-19-15(20)18-10-7-6-8-14(18)17-19/h12-13,16H,4-11H2,1-3H3. The highest BCUT2D eigenvalue weighted by Gasteiger charge is 2.21. The number of rotatable bonds is 7. The highest BCUT2D eigenvalue weighted by molar-refractivity contribution is 4.92. The predicted octanol–water partition coefficient (Wildman–Crippen LogP) is 1.80. The summed E-state index contributed by atoms with van der Waals surface area (Å²) in [6, 6.07) is 0.328. The number of fused-ring (bicyclic) bond motifs is 1. The zero-order valence-corrected chi connectivity index (χ0v) is 13.1. The number of aryl methyl sites for hydroxylation is 1. The Labute approximate surface area is 121 Å². The van der Waals surface area contributed by atoms with Crippen LogP contribution in [0, 0.1) is 5.92 Å². The molecule has 0 spiro atoms. The zero-order valence-electron chi connectivity index (χ0n) is 13.1. The third-order valence-electron chi connectivity index (χ3n) is 4.39. The van der Waals surface area contributed by atoms with E-state index in [9.17, 15) is 4.79 Å². The van der Waals surface area contributed by atoms with E-state index in [1.54, 1.807) is 4.68 Å². The van der Waals surface area contributed by atoms with Crippen molar-refractivity contribution in [3.05, 3.63) is 16.3 Å². The number of hydrogen-bond acceptors (Lipinski definition) is 3. The van der Waals surface area contributed by atoms with Crippen LogP contribution in [-0.4, -0.2) is 26.9 Å². The molecule has 2 atom stereocenters. The number of nitrogens with one attached hydrogen (secondary N) is 1. The van der Waals surface area contributed by atoms with Crippen molar-refractivity contribution < 1.29 is 0 Å². The Bertz CT molecular complexity index is 477. The van der Waals surface area contributed by atoms with Crippen molar-refractivity contribution >= 4 is 0 Å². The van der Waals surface area contributed by atoms with Gasteiger partial charge in [0.25, 0.3) is 0 Å². The molecule has 1 N–H and O–H groups in total. The van der Waals surface area contributed by atoms with Crippen LogP contribution in [0.2, 0.25) is 0 Å². The van der Waals surface area contributed by atoms with Crippen molar-refractivity contribution in [2.75, 3.05) is 6.54 Å². The van der Waals surface area contributed by atoms with Crippen LogP contribution in [0.1, 0.15) is 52.3 Å². The molecule has 0 aliphatic carbocycles. The Morgan fingerprint density at radius 3 is 2.80 bits per heavy atom. The average Bonchev–Trinajstić information content (AvgIpc) is 2.79. The third kappa shape index (κ3) is 3.32. The van der Waals surface area contributed by atoms with Gasteiger partial charge in [-0.25, -0.2) is 9.48 Å². The van der Waals surface area contributed by atoms with Crippen molar-refractivity contribution in [1.82, 2.24) is 19.7 Å². The van der Waals surface area contributed by atoms with Gasteiger partial charge in [-0.05, 0) is 31.7 Å². The molecule has 0 aromatic carbocycles. The van der Waals surface area contributed by atoms with E-state index < -0.39 is 0 Å². The highest BCUT2D eigenvalue weighted by Crippen LogP contribution is 2.12. The first kappa shape index (κ1) is 15.3. The molecule has 0 saturated heterocycles. The van der Waals surface area contributed by atoms with Crippen LogP contribution in [0.25, 0.3) is 0 Å². The second kappa shape index (κ2) is 7.07. The van der Waals surface area contributed by atoms with Gasteiger partial charge < -0.3 is 5.32 Å². The average molecular weight is 280 g/mol. The summed E-state index contributed by atoms with van der Waals surface area (Å²) in [6.45, 7) is 9.14. The summed E-state index contributed by atoms with van der Waals surface area (Å²) in [5.41, 5.74) is 0.0753. The van der Waals surface area contributed by atoms with Crippen LogP contribution < -0.4 is 11.0 Å². The van der Waals surface area contributed by atoms with Gasteiger partial charge in [-0.1, -0.05) is 27.2 Å². The summed E-state index contributed by atoms with van der Waals surface area (Å²) in [4.78, 5) is 12.4. The molecule has 1 aromatic heterocycles. The zero-order chi connectivity index (χ0) is 14.5. The van der Waals surface area contributed by atoms with Crippen LogP contribution in [0.15, 0.2) is 4.79 Å². The van der Waals surface area contributed by atoms with Gasteiger partial charge in [-0.15, -0.1) is 0 Å². The Hall–Kier alpha value is -1.10. The Morgan fingerprint density at radius 2 is 2.15 bits per heavy atom. The number of hydrogen-bond donors (Lipinski definition) is 1. The topological polar surface area (TPSA) is 51.9 Å². The third-order valence-corrected chi connectivity index (χ3v) is 4.39. The van der Waals surface area contributed by atoms with Crippen molar-refractivity contribution in [3.8, 4) is 0 Å².